The molecule has 0 saturated heterocycles. The van der Waals surface area contributed by atoms with Crippen molar-refractivity contribution in [2.45, 2.75) is 45.3 Å². The zero-order valence-electron chi connectivity index (χ0n) is 7.38. The van der Waals surface area contributed by atoms with Crippen LogP contribution in [0, 0.1) is 11.8 Å². The van der Waals surface area contributed by atoms with Crippen molar-refractivity contribution in [1.29, 1.82) is 0 Å². The van der Waals surface area contributed by atoms with E-state index in [-0.39, 0.29) is 5.92 Å². The van der Waals surface area contributed by atoms with E-state index in [1.54, 1.807) is 0 Å². The zero-order valence-corrected chi connectivity index (χ0v) is 7.38. The Labute approximate surface area is 68.2 Å². The molecule has 1 aliphatic carbocycles. The molecule has 2 nitrogen and oxygen atoms in total. The Morgan fingerprint density at radius 1 is 1.27 bits per heavy atom. The smallest absolute Gasteiger partial charge is 0.165 e. The molecule has 0 unspecified atom stereocenters. The molecule has 66 valence electrons. The number of aliphatic hydroxyl groups is 2. The molecule has 0 spiro atoms. The second-order valence-electron chi connectivity index (χ2n) is 3.97. The molecule has 1 aliphatic rings. The van der Waals surface area contributed by atoms with E-state index in [1.807, 2.05) is 0 Å². The quantitative estimate of drug-likeness (QED) is 0.568. The Balaban J connectivity index is 2.60. The molecule has 1 rings (SSSR count). The van der Waals surface area contributed by atoms with Crippen LogP contribution in [0.2, 0.25) is 0 Å². The van der Waals surface area contributed by atoms with Crippen molar-refractivity contribution < 1.29 is 10.2 Å². The molecule has 1 saturated carbocycles. The highest BCUT2D eigenvalue weighted by atomic mass is 16.5. The van der Waals surface area contributed by atoms with Crippen molar-refractivity contribution in [3.8, 4) is 0 Å². The van der Waals surface area contributed by atoms with E-state index in [4.69, 9.17) is 0 Å². The van der Waals surface area contributed by atoms with Crippen LogP contribution in [0.3, 0.4) is 0 Å². The van der Waals surface area contributed by atoms with Crippen LogP contribution >= 0.6 is 0 Å². The van der Waals surface area contributed by atoms with Crippen LogP contribution in [-0.4, -0.2) is 16.0 Å². The third-order valence-electron chi connectivity index (χ3n) is 2.71. The van der Waals surface area contributed by atoms with E-state index in [2.05, 4.69) is 13.8 Å². The van der Waals surface area contributed by atoms with Crippen molar-refractivity contribution in [1.82, 2.24) is 0 Å². The fourth-order valence-electron chi connectivity index (χ4n) is 2.03. The van der Waals surface area contributed by atoms with Crippen LogP contribution in [0.4, 0.5) is 0 Å². The van der Waals surface area contributed by atoms with Gasteiger partial charge in [-0.25, -0.2) is 0 Å². The molecule has 2 heteroatoms. The van der Waals surface area contributed by atoms with Crippen molar-refractivity contribution in [3.63, 3.8) is 0 Å². The molecule has 0 aromatic heterocycles. The maximum atomic E-state index is 9.56. The average Bonchev–Trinajstić information content (AvgIpc) is 1.85. The van der Waals surface area contributed by atoms with Gasteiger partial charge < -0.3 is 10.2 Å². The molecule has 0 aromatic rings. The van der Waals surface area contributed by atoms with Crippen LogP contribution in [0.1, 0.15) is 39.5 Å². The largest absolute Gasteiger partial charge is 0.365 e. The first-order valence-electron chi connectivity index (χ1n) is 4.49. The maximum absolute atomic E-state index is 9.56. The van der Waals surface area contributed by atoms with Gasteiger partial charge >= 0.3 is 0 Å². The van der Waals surface area contributed by atoms with Gasteiger partial charge in [0.05, 0.1) is 0 Å². The van der Waals surface area contributed by atoms with Gasteiger partial charge in [0.15, 0.2) is 5.79 Å². The summed E-state index contributed by atoms with van der Waals surface area (Å²) in [6.45, 7) is 4.11. The summed E-state index contributed by atoms with van der Waals surface area (Å²) < 4.78 is 0. The van der Waals surface area contributed by atoms with E-state index < -0.39 is 5.79 Å². The second-order valence-corrected chi connectivity index (χ2v) is 3.97. The van der Waals surface area contributed by atoms with E-state index in [9.17, 15) is 10.2 Å². The number of hydrogen-bond donors (Lipinski definition) is 2. The highest BCUT2D eigenvalue weighted by molar-refractivity contribution is 4.82. The molecule has 0 bridgehead atoms. The Morgan fingerprint density at radius 3 is 2.27 bits per heavy atom. The van der Waals surface area contributed by atoms with Gasteiger partial charge in [-0.2, -0.15) is 0 Å². The summed E-state index contributed by atoms with van der Waals surface area (Å²) in [5.41, 5.74) is 0. The lowest BCUT2D eigenvalue weighted by Gasteiger charge is -2.37. The summed E-state index contributed by atoms with van der Waals surface area (Å²) in [5.74, 6) is -0.923. The standard InChI is InChI=1S/C9H18O2/c1-7(2)8-5-3-4-6-9(8,10)11/h7-8,10-11H,3-6H2,1-2H3/t8-/m0/s1. The number of hydrogen-bond acceptors (Lipinski definition) is 2. The minimum Gasteiger partial charge on any atom is -0.365 e. The van der Waals surface area contributed by atoms with Crippen molar-refractivity contribution in [2.75, 3.05) is 0 Å². The van der Waals surface area contributed by atoms with E-state index >= 15 is 0 Å². The fraction of sp³-hybridized carbons (Fsp3) is 1.00. The van der Waals surface area contributed by atoms with Crippen LogP contribution in [-0.2, 0) is 0 Å². The third kappa shape index (κ3) is 1.94. The summed E-state index contributed by atoms with van der Waals surface area (Å²) in [7, 11) is 0. The molecule has 0 radical (unpaired) electrons. The SMILES string of the molecule is CC(C)[C@@H]1CCCCC1(O)O. The highest BCUT2D eigenvalue weighted by Gasteiger charge is 2.38. The van der Waals surface area contributed by atoms with Crippen molar-refractivity contribution in [3.05, 3.63) is 0 Å². The van der Waals surface area contributed by atoms with Gasteiger partial charge in [0.1, 0.15) is 0 Å². The first kappa shape index (κ1) is 9.01. The molecule has 1 fully saturated rings. The van der Waals surface area contributed by atoms with Gasteiger partial charge in [-0.3, -0.25) is 0 Å². The van der Waals surface area contributed by atoms with Gasteiger partial charge in [0.25, 0.3) is 0 Å². The molecule has 0 aliphatic heterocycles. The average molecular weight is 158 g/mol. The predicted molar refractivity (Wildman–Crippen MR) is 44.0 cm³/mol. The molecule has 1 atom stereocenters. The first-order valence-corrected chi connectivity index (χ1v) is 4.49. The molecular weight excluding hydrogens is 140 g/mol. The van der Waals surface area contributed by atoms with E-state index in [0.29, 0.717) is 12.3 Å². The predicted octanol–water partition coefficient (Wildman–Crippen LogP) is 1.51. The molecule has 0 heterocycles. The summed E-state index contributed by atoms with van der Waals surface area (Å²) in [4.78, 5) is 0. The lowest BCUT2D eigenvalue weighted by molar-refractivity contribution is -0.226. The van der Waals surface area contributed by atoms with Crippen LogP contribution in [0.15, 0.2) is 0 Å². The van der Waals surface area contributed by atoms with Crippen LogP contribution in [0.25, 0.3) is 0 Å². The Hall–Kier alpha value is -0.0800. The van der Waals surface area contributed by atoms with Gasteiger partial charge in [-0.05, 0) is 18.8 Å². The summed E-state index contributed by atoms with van der Waals surface area (Å²) in [6, 6.07) is 0. The lowest BCUT2D eigenvalue weighted by atomic mass is 9.77. The monoisotopic (exact) mass is 158 g/mol. The second kappa shape index (κ2) is 3.11. The van der Waals surface area contributed by atoms with Crippen molar-refractivity contribution in [2.24, 2.45) is 11.8 Å². The van der Waals surface area contributed by atoms with Crippen molar-refractivity contribution >= 4 is 0 Å². The van der Waals surface area contributed by atoms with Crippen LogP contribution < -0.4 is 0 Å². The van der Waals surface area contributed by atoms with E-state index in [1.165, 1.54) is 0 Å². The van der Waals surface area contributed by atoms with Gasteiger partial charge in [-0.1, -0.05) is 20.3 Å². The molecule has 0 aromatic carbocycles. The topological polar surface area (TPSA) is 40.5 Å². The maximum Gasteiger partial charge on any atom is 0.165 e. The van der Waals surface area contributed by atoms with E-state index in [0.717, 1.165) is 19.3 Å². The Kier molecular flexibility index (Phi) is 2.55. The lowest BCUT2D eigenvalue weighted by Crippen LogP contribution is -2.42. The van der Waals surface area contributed by atoms with Gasteiger partial charge in [-0.15, -0.1) is 0 Å². The van der Waals surface area contributed by atoms with Gasteiger partial charge in [0, 0.05) is 12.3 Å². The molecule has 0 amide bonds. The highest BCUT2D eigenvalue weighted by Crippen LogP contribution is 2.36. The van der Waals surface area contributed by atoms with Gasteiger partial charge in [0.2, 0.25) is 0 Å². The Morgan fingerprint density at radius 2 is 1.91 bits per heavy atom. The van der Waals surface area contributed by atoms with Crippen LogP contribution in [0.5, 0.6) is 0 Å². The third-order valence-corrected chi connectivity index (χ3v) is 2.71. The Bertz CT molecular complexity index is 130. The minimum absolute atomic E-state index is 0.0799. The minimum atomic E-state index is -1.38. The fourth-order valence-corrected chi connectivity index (χ4v) is 2.03. The molecule has 2 N–H and O–H groups in total. The first-order chi connectivity index (χ1) is 5.04. The molecule has 11 heavy (non-hydrogen) atoms. The normalized spacial score (nSPS) is 30.8. The number of rotatable bonds is 1. The summed E-state index contributed by atoms with van der Waals surface area (Å²) in [5, 5.41) is 19.1. The zero-order chi connectivity index (χ0) is 8.48. The summed E-state index contributed by atoms with van der Waals surface area (Å²) in [6.07, 6.45) is 3.61. The summed E-state index contributed by atoms with van der Waals surface area (Å²) >= 11 is 0. The molecular formula is C9H18O2.